The summed E-state index contributed by atoms with van der Waals surface area (Å²) in [6, 6.07) is 1.12. The summed E-state index contributed by atoms with van der Waals surface area (Å²) >= 11 is 0. The smallest absolute Gasteiger partial charge is 0.411 e. The van der Waals surface area contributed by atoms with Crippen LogP contribution in [0.2, 0.25) is 0 Å². The fourth-order valence-electron chi connectivity index (χ4n) is 3.46. The maximum Gasteiger partial charge on any atom is 0.411 e. The van der Waals surface area contributed by atoms with Gasteiger partial charge in [0.15, 0.2) is 0 Å². The van der Waals surface area contributed by atoms with Crippen molar-refractivity contribution in [3.05, 3.63) is 32.6 Å². The molecule has 2 fully saturated rings. The molecule has 11 heteroatoms. The van der Waals surface area contributed by atoms with Crippen LogP contribution in [0.25, 0.3) is 0 Å². The van der Waals surface area contributed by atoms with Crippen LogP contribution in [0, 0.1) is 0 Å². The van der Waals surface area contributed by atoms with E-state index in [0.29, 0.717) is 12.8 Å². The van der Waals surface area contributed by atoms with E-state index in [2.05, 4.69) is 0 Å². The van der Waals surface area contributed by atoms with Crippen molar-refractivity contribution >= 4 is 18.0 Å². The molecule has 2 aliphatic rings. The quantitative estimate of drug-likeness (QED) is 0.682. The standard InChI is InChI=1S/C16H20N4O7/c1-17-10(7-11(21)18(2)14(17)25)13(24)19-5-3-16(4-6-19)9-20(8-12(22)23)15(26)27-16/h7H,3-6,8-9H2,1-2H3,(H,22,23). The van der Waals surface area contributed by atoms with Crippen molar-refractivity contribution in [2.75, 3.05) is 26.2 Å². The van der Waals surface area contributed by atoms with Gasteiger partial charge < -0.3 is 14.7 Å². The molecule has 0 bridgehead atoms. The molecule has 146 valence electrons. The van der Waals surface area contributed by atoms with E-state index in [9.17, 15) is 24.0 Å². The Morgan fingerprint density at radius 1 is 1.15 bits per heavy atom. The fraction of sp³-hybridized carbons (Fsp3) is 0.562. The van der Waals surface area contributed by atoms with Crippen LogP contribution in [0.5, 0.6) is 0 Å². The van der Waals surface area contributed by atoms with Crippen LogP contribution >= 0.6 is 0 Å². The highest BCUT2D eigenvalue weighted by atomic mass is 16.6. The first-order valence-electron chi connectivity index (χ1n) is 8.40. The van der Waals surface area contributed by atoms with E-state index in [-0.39, 0.29) is 25.3 Å². The van der Waals surface area contributed by atoms with Crippen molar-refractivity contribution < 1.29 is 24.2 Å². The number of carboxylic acids is 1. The lowest BCUT2D eigenvalue weighted by Crippen LogP contribution is -2.50. The molecule has 0 unspecified atom stereocenters. The van der Waals surface area contributed by atoms with E-state index in [1.807, 2.05) is 0 Å². The second-order valence-corrected chi connectivity index (χ2v) is 6.86. The average molecular weight is 380 g/mol. The van der Waals surface area contributed by atoms with Crippen LogP contribution in [0.15, 0.2) is 15.7 Å². The number of carbonyl (C=O) groups is 3. The molecule has 1 spiro atoms. The first kappa shape index (κ1) is 18.7. The van der Waals surface area contributed by atoms with Crippen LogP contribution in [-0.2, 0) is 23.6 Å². The predicted octanol–water partition coefficient (Wildman–Crippen LogP) is -1.40. The molecule has 0 saturated carbocycles. The lowest BCUT2D eigenvalue weighted by Gasteiger charge is -2.37. The SMILES string of the molecule is Cn1c(C(=O)N2CCC3(CC2)CN(CC(=O)O)C(=O)O3)cc(=O)n(C)c1=O. The summed E-state index contributed by atoms with van der Waals surface area (Å²) in [7, 11) is 2.75. The summed E-state index contributed by atoms with van der Waals surface area (Å²) in [5.41, 5.74) is -1.98. The van der Waals surface area contributed by atoms with E-state index in [1.54, 1.807) is 0 Å². The zero-order chi connectivity index (χ0) is 19.9. The number of hydrogen-bond donors (Lipinski definition) is 1. The second-order valence-electron chi connectivity index (χ2n) is 6.86. The number of likely N-dealkylation sites (tertiary alicyclic amines) is 1. The van der Waals surface area contributed by atoms with Crippen LogP contribution in [0.1, 0.15) is 23.3 Å². The highest BCUT2D eigenvalue weighted by Crippen LogP contribution is 2.33. The molecule has 2 amide bonds. The second kappa shape index (κ2) is 6.56. The van der Waals surface area contributed by atoms with Gasteiger partial charge in [0.2, 0.25) is 0 Å². The number of carbonyl (C=O) groups excluding carboxylic acids is 2. The van der Waals surface area contributed by atoms with Gasteiger partial charge in [-0.1, -0.05) is 0 Å². The van der Waals surface area contributed by atoms with E-state index in [0.717, 1.165) is 20.1 Å². The van der Waals surface area contributed by atoms with Crippen LogP contribution < -0.4 is 11.2 Å². The van der Waals surface area contributed by atoms with Gasteiger partial charge in [-0.25, -0.2) is 9.59 Å². The molecular formula is C16H20N4O7. The van der Waals surface area contributed by atoms with Crippen LogP contribution in [-0.4, -0.2) is 73.8 Å². The summed E-state index contributed by atoms with van der Waals surface area (Å²) in [4.78, 5) is 61.9. The molecule has 3 rings (SSSR count). The number of amides is 2. The van der Waals surface area contributed by atoms with Crippen LogP contribution in [0.3, 0.4) is 0 Å². The van der Waals surface area contributed by atoms with E-state index < -0.39 is 41.4 Å². The Hall–Kier alpha value is -3.11. The minimum atomic E-state index is -1.12. The highest BCUT2D eigenvalue weighted by Gasteiger charge is 2.48. The van der Waals surface area contributed by atoms with Gasteiger partial charge in [0.25, 0.3) is 11.5 Å². The number of hydrogen-bond acceptors (Lipinski definition) is 6. The van der Waals surface area contributed by atoms with Crippen molar-refractivity contribution in [2.24, 2.45) is 14.1 Å². The molecule has 0 aromatic carbocycles. The zero-order valence-corrected chi connectivity index (χ0v) is 15.0. The number of aliphatic carboxylic acids is 1. The van der Waals surface area contributed by atoms with Gasteiger partial charge in [0.1, 0.15) is 17.8 Å². The molecule has 1 aromatic rings. The van der Waals surface area contributed by atoms with Gasteiger partial charge in [0, 0.05) is 46.1 Å². The van der Waals surface area contributed by atoms with Gasteiger partial charge in [-0.2, -0.15) is 0 Å². The number of aromatic nitrogens is 2. The Morgan fingerprint density at radius 2 is 1.78 bits per heavy atom. The molecule has 3 heterocycles. The molecule has 1 aromatic heterocycles. The Labute approximate surface area is 153 Å². The summed E-state index contributed by atoms with van der Waals surface area (Å²) in [5, 5.41) is 8.85. The summed E-state index contributed by atoms with van der Waals surface area (Å²) in [6.07, 6.45) is 0.0184. The van der Waals surface area contributed by atoms with E-state index in [4.69, 9.17) is 9.84 Å². The topological polar surface area (TPSA) is 131 Å². The maximum atomic E-state index is 12.7. The van der Waals surface area contributed by atoms with Gasteiger partial charge >= 0.3 is 17.8 Å². The summed E-state index contributed by atoms with van der Waals surface area (Å²) in [6.45, 7) is 0.246. The monoisotopic (exact) mass is 380 g/mol. The van der Waals surface area contributed by atoms with Crippen molar-refractivity contribution in [2.45, 2.75) is 18.4 Å². The highest BCUT2D eigenvalue weighted by molar-refractivity contribution is 5.92. The molecule has 0 aliphatic carbocycles. The van der Waals surface area contributed by atoms with Crippen molar-refractivity contribution in [1.82, 2.24) is 18.9 Å². The molecule has 0 radical (unpaired) electrons. The third-order valence-corrected chi connectivity index (χ3v) is 5.07. The number of piperidine rings is 1. The molecule has 0 atom stereocenters. The molecule has 2 saturated heterocycles. The van der Waals surface area contributed by atoms with Crippen molar-refractivity contribution in [3.8, 4) is 0 Å². The summed E-state index contributed by atoms with van der Waals surface area (Å²) < 4.78 is 7.43. The largest absolute Gasteiger partial charge is 0.480 e. The van der Waals surface area contributed by atoms with Gasteiger partial charge in [-0.3, -0.25) is 28.4 Å². The minimum absolute atomic E-state index is 0.00466. The van der Waals surface area contributed by atoms with Crippen LogP contribution in [0.4, 0.5) is 4.79 Å². The third-order valence-electron chi connectivity index (χ3n) is 5.07. The Bertz CT molecular complexity index is 924. The number of carboxylic acid groups (broad SMARTS) is 1. The minimum Gasteiger partial charge on any atom is -0.480 e. The van der Waals surface area contributed by atoms with E-state index >= 15 is 0 Å². The molecule has 1 N–H and O–H groups in total. The molecule has 2 aliphatic heterocycles. The Balaban J connectivity index is 1.73. The average Bonchev–Trinajstić information content (AvgIpc) is 2.90. The predicted molar refractivity (Wildman–Crippen MR) is 90.5 cm³/mol. The van der Waals surface area contributed by atoms with Gasteiger partial charge in [-0.05, 0) is 0 Å². The lowest BCUT2D eigenvalue weighted by atomic mass is 9.91. The normalized spacial score (nSPS) is 18.7. The van der Waals surface area contributed by atoms with Gasteiger partial charge in [-0.15, -0.1) is 0 Å². The van der Waals surface area contributed by atoms with Crippen molar-refractivity contribution in [1.29, 1.82) is 0 Å². The number of nitrogens with zero attached hydrogens (tertiary/aromatic N) is 4. The number of ether oxygens (including phenoxy) is 1. The van der Waals surface area contributed by atoms with E-state index in [1.165, 1.54) is 19.0 Å². The summed E-state index contributed by atoms with van der Waals surface area (Å²) in [5.74, 6) is -1.57. The van der Waals surface area contributed by atoms with Gasteiger partial charge in [0.05, 0.1) is 6.54 Å². The molecule has 27 heavy (non-hydrogen) atoms. The zero-order valence-electron chi connectivity index (χ0n) is 15.0. The Kier molecular flexibility index (Phi) is 4.54. The fourth-order valence-corrected chi connectivity index (χ4v) is 3.46. The molecular weight excluding hydrogens is 360 g/mol. The third kappa shape index (κ3) is 3.32. The number of rotatable bonds is 3. The lowest BCUT2D eigenvalue weighted by molar-refractivity contribution is -0.137. The van der Waals surface area contributed by atoms with Crippen molar-refractivity contribution in [3.63, 3.8) is 0 Å². The first-order valence-corrected chi connectivity index (χ1v) is 8.40. The first-order chi connectivity index (χ1) is 12.6. The molecule has 11 nitrogen and oxygen atoms in total. The maximum absolute atomic E-state index is 12.7. The Morgan fingerprint density at radius 3 is 2.37 bits per heavy atom.